The van der Waals surface area contributed by atoms with E-state index in [0.717, 1.165) is 54.1 Å². The predicted octanol–water partition coefficient (Wildman–Crippen LogP) is 4.12. The zero-order chi connectivity index (χ0) is 25.5. The smallest absolute Gasteiger partial charge is 0.315 e. The minimum Gasteiger partial charge on any atom is -0.351 e. The zero-order valence-corrected chi connectivity index (χ0v) is 21.6. The van der Waals surface area contributed by atoms with Crippen molar-refractivity contribution in [2.24, 2.45) is 0 Å². The Morgan fingerprint density at radius 2 is 1.78 bits per heavy atom. The second kappa shape index (κ2) is 15.6. The highest BCUT2D eigenvalue weighted by atomic mass is 32.2. The SMILES string of the molecule is O=C(NCCCCCCCN(OC1CCCCO1)S(=O)(=O)Cc1ccccc1)NCc1cccnc1. The van der Waals surface area contributed by atoms with Gasteiger partial charge in [0, 0.05) is 45.1 Å². The minimum atomic E-state index is -3.64. The van der Waals surface area contributed by atoms with Crippen molar-refractivity contribution in [3.63, 3.8) is 0 Å². The van der Waals surface area contributed by atoms with Crippen LogP contribution >= 0.6 is 0 Å². The van der Waals surface area contributed by atoms with E-state index in [1.54, 1.807) is 24.5 Å². The molecule has 2 aromatic rings. The van der Waals surface area contributed by atoms with Crippen LogP contribution in [0.2, 0.25) is 0 Å². The molecule has 1 saturated heterocycles. The third-order valence-corrected chi connectivity index (χ3v) is 7.44. The van der Waals surface area contributed by atoms with Crippen LogP contribution in [0.1, 0.15) is 62.5 Å². The molecule has 1 unspecified atom stereocenters. The Kier molecular flexibility index (Phi) is 12.1. The molecule has 0 radical (unpaired) electrons. The summed E-state index contributed by atoms with van der Waals surface area (Å²) in [5.74, 6) is -0.102. The van der Waals surface area contributed by atoms with E-state index in [4.69, 9.17) is 9.57 Å². The molecule has 9 nitrogen and oxygen atoms in total. The molecule has 36 heavy (non-hydrogen) atoms. The van der Waals surface area contributed by atoms with Gasteiger partial charge in [-0.15, -0.1) is 0 Å². The van der Waals surface area contributed by atoms with Crippen LogP contribution in [0.15, 0.2) is 54.9 Å². The Labute approximate surface area is 214 Å². The van der Waals surface area contributed by atoms with Gasteiger partial charge < -0.3 is 15.4 Å². The second-order valence-corrected chi connectivity index (χ2v) is 10.8. The first-order valence-corrected chi connectivity index (χ1v) is 14.4. The molecule has 1 atom stereocenters. The third kappa shape index (κ3) is 10.6. The van der Waals surface area contributed by atoms with Gasteiger partial charge in [-0.3, -0.25) is 9.82 Å². The van der Waals surface area contributed by atoms with Crippen LogP contribution in [-0.2, 0) is 31.9 Å². The van der Waals surface area contributed by atoms with E-state index in [-0.39, 0.29) is 11.8 Å². The van der Waals surface area contributed by atoms with Gasteiger partial charge in [0.25, 0.3) is 0 Å². The van der Waals surface area contributed by atoms with E-state index >= 15 is 0 Å². The molecule has 2 heterocycles. The van der Waals surface area contributed by atoms with E-state index in [0.29, 0.717) is 39.1 Å². The van der Waals surface area contributed by atoms with Crippen LogP contribution in [0.4, 0.5) is 4.79 Å². The monoisotopic (exact) mass is 518 g/mol. The normalized spacial score (nSPS) is 16.1. The van der Waals surface area contributed by atoms with Crippen LogP contribution in [-0.4, -0.2) is 49.9 Å². The van der Waals surface area contributed by atoms with Gasteiger partial charge in [-0.25, -0.2) is 13.2 Å². The number of benzene rings is 1. The molecule has 3 rings (SSSR count). The van der Waals surface area contributed by atoms with Gasteiger partial charge in [0.05, 0.1) is 5.75 Å². The summed E-state index contributed by atoms with van der Waals surface area (Å²) in [5, 5.41) is 5.67. The third-order valence-electron chi connectivity index (χ3n) is 5.85. The van der Waals surface area contributed by atoms with Crippen molar-refractivity contribution in [3.05, 3.63) is 66.0 Å². The van der Waals surface area contributed by atoms with Crippen LogP contribution in [0, 0.1) is 0 Å². The lowest BCUT2D eigenvalue weighted by Crippen LogP contribution is -2.38. The summed E-state index contributed by atoms with van der Waals surface area (Å²) < 4.78 is 32.9. The van der Waals surface area contributed by atoms with Crippen molar-refractivity contribution in [2.75, 3.05) is 19.7 Å². The average Bonchev–Trinajstić information content (AvgIpc) is 2.89. The number of hydrogen-bond acceptors (Lipinski definition) is 6. The molecule has 0 spiro atoms. The molecule has 1 aromatic carbocycles. The highest BCUT2D eigenvalue weighted by Crippen LogP contribution is 2.20. The second-order valence-electron chi connectivity index (χ2n) is 8.91. The molecule has 2 N–H and O–H groups in total. The number of carbonyl (C=O) groups excluding carboxylic acids is 1. The first-order chi connectivity index (χ1) is 17.5. The molecule has 1 aliphatic rings. The van der Waals surface area contributed by atoms with Gasteiger partial charge >= 0.3 is 6.03 Å². The molecule has 198 valence electrons. The average molecular weight is 519 g/mol. The van der Waals surface area contributed by atoms with E-state index in [9.17, 15) is 13.2 Å². The number of amides is 2. The Balaban J connectivity index is 1.33. The van der Waals surface area contributed by atoms with Crippen LogP contribution in [0.25, 0.3) is 0 Å². The number of carbonyl (C=O) groups is 1. The molecule has 0 saturated carbocycles. The van der Waals surface area contributed by atoms with E-state index < -0.39 is 16.3 Å². The maximum Gasteiger partial charge on any atom is 0.315 e. The van der Waals surface area contributed by atoms with Crippen molar-refractivity contribution >= 4 is 16.1 Å². The van der Waals surface area contributed by atoms with Crippen molar-refractivity contribution in [1.82, 2.24) is 20.1 Å². The van der Waals surface area contributed by atoms with Gasteiger partial charge in [0.2, 0.25) is 10.0 Å². The molecule has 2 amide bonds. The molecular weight excluding hydrogens is 480 g/mol. The number of ether oxygens (including phenoxy) is 1. The lowest BCUT2D eigenvalue weighted by molar-refractivity contribution is -0.252. The maximum absolute atomic E-state index is 13.1. The summed E-state index contributed by atoms with van der Waals surface area (Å²) in [6, 6.07) is 12.7. The standard InChI is InChI=1S/C26H38N4O5S/c31-26(29-21-24-14-11-16-27-20-24)28-17-8-2-1-3-9-18-30(35-25-15-7-10-19-34-25)36(32,33)22-23-12-5-4-6-13-23/h4-6,11-14,16,20,25H,1-3,7-10,15,17-19,21-22H2,(H2,28,29,31). The first-order valence-electron chi connectivity index (χ1n) is 12.8. The van der Waals surface area contributed by atoms with E-state index in [1.165, 1.54) is 0 Å². The number of unbranched alkanes of at least 4 members (excludes halogenated alkanes) is 4. The van der Waals surface area contributed by atoms with Crippen molar-refractivity contribution in [1.29, 1.82) is 0 Å². The van der Waals surface area contributed by atoms with E-state index in [2.05, 4.69) is 15.6 Å². The summed E-state index contributed by atoms with van der Waals surface area (Å²) in [5.41, 5.74) is 1.68. The fraction of sp³-hybridized carbons (Fsp3) is 0.538. The highest BCUT2D eigenvalue weighted by molar-refractivity contribution is 7.88. The Hall–Kier alpha value is -2.53. The number of nitrogens with zero attached hydrogens (tertiary/aromatic N) is 2. The van der Waals surface area contributed by atoms with Gasteiger partial charge in [-0.05, 0) is 42.9 Å². The maximum atomic E-state index is 13.1. The summed E-state index contributed by atoms with van der Waals surface area (Å²) in [6.07, 6.45) is 9.87. The number of nitrogens with one attached hydrogen (secondary N) is 2. The number of sulfonamides is 1. The summed E-state index contributed by atoms with van der Waals surface area (Å²) in [7, 11) is -3.64. The van der Waals surface area contributed by atoms with Crippen molar-refractivity contribution in [2.45, 2.75) is 70.0 Å². The molecular formula is C26H38N4O5S. The highest BCUT2D eigenvalue weighted by Gasteiger charge is 2.28. The molecule has 1 aliphatic heterocycles. The van der Waals surface area contributed by atoms with Gasteiger partial charge in [0.15, 0.2) is 6.29 Å². The first kappa shape index (κ1) is 28.0. The predicted molar refractivity (Wildman–Crippen MR) is 138 cm³/mol. The minimum absolute atomic E-state index is 0.102. The molecule has 0 bridgehead atoms. The number of pyridine rings is 1. The summed E-state index contributed by atoms with van der Waals surface area (Å²) in [4.78, 5) is 21.7. The van der Waals surface area contributed by atoms with Crippen molar-refractivity contribution in [3.8, 4) is 0 Å². The van der Waals surface area contributed by atoms with Crippen LogP contribution in [0.3, 0.4) is 0 Å². The molecule has 1 aromatic heterocycles. The number of hydroxylamine groups is 1. The molecule has 10 heteroatoms. The Bertz CT molecular complexity index is 986. The van der Waals surface area contributed by atoms with E-state index in [1.807, 2.05) is 30.3 Å². The molecule has 0 aliphatic carbocycles. The Morgan fingerprint density at radius 1 is 1.00 bits per heavy atom. The fourth-order valence-corrected chi connectivity index (χ4v) is 5.28. The van der Waals surface area contributed by atoms with Crippen molar-refractivity contribution < 1.29 is 22.8 Å². The fourth-order valence-electron chi connectivity index (χ4n) is 3.89. The topological polar surface area (TPSA) is 110 Å². The lowest BCUT2D eigenvalue weighted by atomic mass is 10.1. The Morgan fingerprint density at radius 3 is 2.53 bits per heavy atom. The zero-order valence-electron chi connectivity index (χ0n) is 20.8. The number of aromatic nitrogens is 1. The largest absolute Gasteiger partial charge is 0.351 e. The lowest BCUT2D eigenvalue weighted by Gasteiger charge is -2.29. The number of rotatable bonds is 15. The number of urea groups is 1. The van der Waals surface area contributed by atoms with Gasteiger partial charge in [-0.2, -0.15) is 0 Å². The van der Waals surface area contributed by atoms with Crippen LogP contribution < -0.4 is 10.6 Å². The number of hydrogen-bond donors (Lipinski definition) is 2. The summed E-state index contributed by atoms with van der Waals surface area (Å²) in [6.45, 7) is 1.92. The quantitative estimate of drug-likeness (QED) is 0.271. The molecule has 1 fully saturated rings. The van der Waals surface area contributed by atoms with Crippen LogP contribution in [0.5, 0.6) is 0 Å². The van der Waals surface area contributed by atoms with Gasteiger partial charge in [0.1, 0.15) is 0 Å². The van der Waals surface area contributed by atoms with Gasteiger partial charge in [-0.1, -0.05) is 60.1 Å². The summed E-state index contributed by atoms with van der Waals surface area (Å²) >= 11 is 0.